The van der Waals surface area contributed by atoms with Crippen molar-refractivity contribution in [3.63, 3.8) is 0 Å². The smallest absolute Gasteiger partial charge is 0.0563 e. The van der Waals surface area contributed by atoms with Crippen LogP contribution in [0.3, 0.4) is 0 Å². The first-order valence-corrected chi connectivity index (χ1v) is 8.05. The maximum atomic E-state index is 3.53. The molecular weight excluding hydrogens is 252 g/mol. The summed E-state index contributed by atoms with van der Waals surface area (Å²) in [6.45, 7) is 8.63. The maximum Gasteiger partial charge on any atom is 0.0563 e. The number of nitrogens with one attached hydrogen (secondary N) is 1. The van der Waals surface area contributed by atoms with Crippen molar-refractivity contribution in [2.75, 3.05) is 6.54 Å². The third kappa shape index (κ3) is 3.71. The van der Waals surface area contributed by atoms with Gasteiger partial charge in [0.15, 0.2) is 0 Å². The highest BCUT2D eigenvalue weighted by atomic mass is 32.1. The second-order valence-corrected chi connectivity index (χ2v) is 6.11. The standard InChI is InChI=1S/C16H24N2S/c1-4-14-7-8-15(19-14)12-18-10-9-13(11-18)16(5-2)17-6-3/h7-11,16-17H,4-6,12H2,1-3H3. The van der Waals surface area contributed by atoms with Gasteiger partial charge in [-0.05, 0) is 43.1 Å². The number of hydrogen-bond acceptors (Lipinski definition) is 2. The Hall–Kier alpha value is -1.06. The second kappa shape index (κ2) is 6.92. The fourth-order valence-corrected chi connectivity index (χ4v) is 3.35. The fourth-order valence-electron chi connectivity index (χ4n) is 2.39. The summed E-state index contributed by atoms with van der Waals surface area (Å²) in [5, 5.41) is 3.53. The van der Waals surface area contributed by atoms with Crippen LogP contribution in [0.15, 0.2) is 30.6 Å². The lowest BCUT2D eigenvalue weighted by Crippen LogP contribution is -2.19. The van der Waals surface area contributed by atoms with Gasteiger partial charge in [-0.2, -0.15) is 0 Å². The molecule has 19 heavy (non-hydrogen) atoms. The highest BCUT2D eigenvalue weighted by Gasteiger charge is 2.09. The molecule has 2 aromatic rings. The monoisotopic (exact) mass is 276 g/mol. The van der Waals surface area contributed by atoms with Crippen LogP contribution in [0.2, 0.25) is 0 Å². The fraction of sp³-hybridized carbons (Fsp3) is 0.500. The average molecular weight is 276 g/mol. The van der Waals surface area contributed by atoms with E-state index < -0.39 is 0 Å². The van der Waals surface area contributed by atoms with Crippen molar-refractivity contribution in [2.45, 2.75) is 46.2 Å². The first-order valence-electron chi connectivity index (χ1n) is 7.23. The van der Waals surface area contributed by atoms with E-state index in [2.05, 4.69) is 61.2 Å². The van der Waals surface area contributed by atoms with Gasteiger partial charge in [0.2, 0.25) is 0 Å². The van der Waals surface area contributed by atoms with E-state index in [9.17, 15) is 0 Å². The summed E-state index contributed by atoms with van der Waals surface area (Å²) in [5.41, 5.74) is 1.40. The zero-order chi connectivity index (χ0) is 13.7. The lowest BCUT2D eigenvalue weighted by atomic mass is 10.1. The number of aromatic nitrogens is 1. The third-order valence-corrected chi connectivity index (χ3v) is 4.65. The van der Waals surface area contributed by atoms with Crippen LogP contribution in [-0.4, -0.2) is 11.1 Å². The molecule has 1 atom stereocenters. The molecule has 2 nitrogen and oxygen atoms in total. The Balaban J connectivity index is 2.04. The molecule has 0 aliphatic carbocycles. The molecule has 0 aromatic carbocycles. The molecule has 2 heterocycles. The van der Waals surface area contributed by atoms with Gasteiger partial charge in [0, 0.05) is 28.2 Å². The Labute approximate surface area is 120 Å². The van der Waals surface area contributed by atoms with Gasteiger partial charge in [-0.25, -0.2) is 0 Å². The molecule has 2 rings (SSSR count). The van der Waals surface area contributed by atoms with E-state index in [-0.39, 0.29) is 0 Å². The number of aryl methyl sites for hydroxylation is 1. The van der Waals surface area contributed by atoms with Crippen LogP contribution in [0.5, 0.6) is 0 Å². The van der Waals surface area contributed by atoms with E-state index in [0.717, 1.165) is 25.9 Å². The number of rotatable bonds is 7. The van der Waals surface area contributed by atoms with Crippen molar-refractivity contribution in [2.24, 2.45) is 0 Å². The molecule has 0 amide bonds. The van der Waals surface area contributed by atoms with E-state index in [4.69, 9.17) is 0 Å². The van der Waals surface area contributed by atoms with Crippen LogP contribution in [0.1, 0.15) is 48.6 Å². The van der Waals surface area contributed by atoms with Crippen LogP contribution >= 0.6 is 11.3 Å². The molecule has 2 aromatic heterocycles. The van der Waals surface area contributed by atoms with E-state index in [1.54, 1.807) is 0 Å². The predicted octanol–water partition coefficient (Wildman–Crippen LogP) is 4.22. The van der Waals surface area contributed by atoms with E-state index >= 15 is 0 Å². The van der Waals surface area contributed by atoms with Crippen LogP contribution in [0.25, 0.3) is 0 Å². The molecule has 3 heteroatoms. The molecular formula is C16H24N2S. The molecule has 0 fully saturated rings. The molecule has 1 unspecified atom stereocenters. The Morgan fingerprint density at radius 1 is 1.16 bits per heavy atom. The van der Waals surface area contributed by atoms with Crippen LogP contribution in [0, 0.1) is 0 Å². The van der Waals surface area contributed by atoms with Crippen molar-refractivity contribution >= 4 is 11.3 Å². The minimum atomic E-state index is 0.487. The van der Waals surface area contributed by atoms with Gasteiger partial charge in [-0.3, -0.25) is 0 Å². The summed E-state index contributed by atoms with van der Waals surface area (Å²) < 4.78 is 2.29. The SMILES string of the molecule is CCNC(CC)c1ccn(Cc2ccc(CC)s2)c1. The number of thiophene rings is 1. The van der Waals surface area contributed by atoms with Crippen LogP contribution in [-0.2, 0) is 13.0 Å². The van der Waals surface area contributed by atoms with Crippen molar-refractivity contribution in [3.05, 3.63) is 45.9 Å². The van der Waals surface area contributed by atoms with Gasteiger partial charge >= 0.3 is 0 Å². The van der Waals surface area contributed by atoms with Gasteiger partial charge in [0.25, 0.3) is 0 Å². The highest BCUT2D eigenvalue weighted by Crippen LogP contribution is 2.21. The van der Waals surface area contributed by atoms with Crippen LogP contribution < -0.4 is 5.32 Å². The average Bonchev–Trinajstić information content (AvgIpc) is 3.05. The summed E-state index contributed by atoms with van der Waals surface area (Å²) in [4.78, 5) is 2.91. The van der Waals surface area contributed by atoms with E-state index in [1.807, 2.05) is 11.3 Å². The summed E-state index contributed by atoms with van der Waals surface area (Å²) in [6, 6.07) is 7.23. The Kier molecular flexibility index (Phi) is 5.23. The van der Waals surface area contributed by atoms with Gasteiger partial charge < -0.3 is 9.88 Å². The Morgan fingerprint density at radius 3 is 2.58 bits per heavy atom. The van der Waals surface area contributed by atoms with Crippen molar-refractivity contribution in [1.29, 1.82) is 0 Å². The minimum absolute atomic E-state index is 0.487. The van der Waals surface area contributed by atoms with Gasteiger partial charge in [-0.1, -0.05) is 20.8 Å². The molecule has 1 N–H and O–H groups in total. The van der Waals surface area contributed by atoms with E-state index in [0.29, 0.717) is 6.04 Å². The number of nitrogens with zero attached hydrogens (tertiary/aromatic N) is 1. The highest BCUT2D eigenvalue weighted by molar-refractivity contribution is 7.11. The molecule has 0 aliphatic rings. The molecule has 0 spiro atoms. The Morgan fingerprint density at radius 2 is 1.95 bits per heavy atom. The zero-order valence-electron chi connectivity index (χ0n) is 12.1. The zero-order valence-corrected chi connectivity index (χ0v) is 13.0. The normalized spacial score (nSPS) is 12.8. The van der Waals surface area contributed by atoms with Crippen molar-refractivity contribution < 1.29 is 0 Å². The minimum Gasteiger partial charge on any atom is -0.349 e. The second-order valence-electron chi connectivity index (χ2n) is 4.86. The third-order valence-electron chi connectivity index (χ3n) is 3.44. The van der Waals surface area contributed by atoms with Crippen LogP contribution in [0.4, 0.5) is 0 Å². The summed E-state index contributed by atoms with van der Waals surface area (Å²) in [6.07, 6.45) is 6.75. The molecule has 0 saturated heterocycles. The summed E-state index contributed by atoms with van der Waals surface area (Å²) in [7, 11) is 0. The summed E-state index contributed by atoms with van der Waals surface area (Å²) >= 11 is 1.92. The van der Waals surface area contributed by atoms with Gasteiger partial charge in [-0.15, -0.1) is 11.3 Å². The molecule has 104 valence electrons. The molecule has 0 aliphatic heterocycles. The first kappa shape index (κ1) is 14.4. The maximum absolute atomic E-state index is 3.53. The number of hydrogen-bond donors (Lipinski definition) is 1. The van der Waals surface area contributed by atoms with Crippen molar-refractivity contribution in [3.8, 4) is 0 Å². The predicted molar refractivity (Wildman–Crippen MR) is 83.9 cm³/mol. The molecule has 0 radical (unpaired) electrons. The molecule has 0 saturated carbocycles. The largest absolute Gasteiger partial charge is 0.349 e. The van der Waals surface area contributed by atoms with Gasteiger partial charge in [0.05, 0.1) is 6.54 Å². The van der Waals surface area contributed by atoms with Crippen molar-refractivity contribution in [1.82, 2.24) is 9.88 Å². The lowest BCUT2D eigenvalue weighted by molar-refractivity contribution is 0.536. The molecule has 0 bridgehead atoms. The lowest BCUT2D eigenvalue weighted by Gasteiger charge is -2.13. The quantitative estimate of drug-likeness (QED) is 0.801. The topological polar surface area (TPSA) is 17.0 Å². The van der Waals surface area contributed by atoms with Gasteiger partial charge in [0.1, 0.15) is 0 Å². The summed E-state index contributed by atoms with van der Waals surface area (Å²) in [5.74, 6) is 0. The van der Waals surface area contributed by atoms with E-state index in [1.165, 1.54) is 15.3 Å². The first-order chi connectivity index (χ1) is 9.26. The Bertz CT molecular complexity index is 498.